The molecule has 0 unspecified atom stereocenters. The van der Waals surface area contributed by atoms with Gasteiger partial charge in [0.05, 0.1) is 0 Å². The number of hydrogen-bond acceptors (Lipinski definition) is 3. The van der Waals surface area contributed by atoms with Crippen molar-refractivity contribution in [3.05, 3.63) is 107 Å². The Balaban J connectivity index is 2.20. The van der Waals surface area contributed by atoms with Crippen LogP contribution in [-0.4, -0.2) is 12.0 Å². The Labute approximate surface area is 145 Å². The lowest BCUT2D eigenvalue weighted by molar-refractivity contribution is -0.248. The smallest absolute Gasteiger partial charge is 0.161 e. The molecule has 4 nitrogen and oxygen atoms in total. The lowest BCUT2D eigenvalue weighted by Crippen LogP contribution is -2.27. The fourth-order valence-corrected chi connectivity index (χ4v) is 2.93. The molecule has 0 atom stereocenters. The molecule has 0 spiro atoms. The third-order valence-corrected chi connectivity index (χ3v) is 3.96. The first-order valence-corrected chi connectivity index (χ1v) is 7.82. The highest BCUT2D eigenvalue weighted by Crippen LogP contribution is 2.33. The molecule has 3 rings (SSSR count). The predicted octanol–water partition coefficient (Wildman–Crippen LogP) is 2.32. The molecule has 0 bridgehead atoms. The number of carboxylic acid groups (broad SMARTS) is 1. The van der Waals surface area contributed by atoms with Crippen LogP contribution in [0.15, 0.2) is 89.9 Å². The first-order valence-electron chi connectivity index (χ1n) is 7.82. The van der Waals surface area contributed by atoms with Crippen LogP contribution < -0.4 is 10.2 Å². The minimum Gasteiger partial charge on any atom is -0.858 e. The van der Waals surface area contributed by atoms with Crippen molar-refractivity contribution in [2.45, 2.75) is 5.92 Å². The van der Waals surface area contributed by atoms with E-state index in [0.29, 0.717) is 5.56 Å². The maximum atomic E-state index is 12.3. The van der Waals surface area contributed by atoms with Gasteiger partial charge in [0.25, 0.3) is 0 Å². The minimum absolute atomic E-state index is 0.209. The maximum Gasteiger partial charge on any atom is 0.161 e. The van der Waals surface area contributed by atoms with Gasteiger partial charge in [0, 0.05) is 5.92 Å². The molecule has 4 heteroatoms. The summed E-state index contributed by atoms with van der Waals surface area (Å²) in [7, 11) is 0. The van der Waals surface area contributed by atoms with Crippen LogP contribution in [0, 0.1) is 0 Å². The summed E-state index contributed by atoms with van der Waals surface area (Å²) in [6, 6.07) is 26.4. The molecule has 3 aromatic carbocycles. The summed E-state index contributed by atoms with van der Waals surface area (Å²) in [6.45, 7) is 0. The Morgan fingerprint density at radius 1 is 0.720 bits per heavy atom. The second-order valence-corrected chi connectivity index (χ2v) is 5.52. The van der Waals surface area contributed by atoms with Gasteiger partial charge in [-0.3, -0.25) is 0 Å². The van der Waals surface area contributed by atoms with Crippen LogP contribution >= 0.6 is 0 Å². The monoisotopic (exact) mass is 329 g/mol. The van der Waals surface area contributed by atoms with Crippen LogP contribution in [-0.2, 0) is 0 Å². The summed E-state index contributed by atoms with van der Waals surface area (Å²) in [5, 5.41) is 23.0. The van der Waals surface area contributed by atoms with E-state index < -0.39 is 12.0 Å². The quantitative estimate of drug-likeness (QED) is 0.419. The van der Waals surface area contributed by atoms with Crippen molar-refractivity contribution in [1.29, 1.82) is 0 Å². The van der Waals surface area contributed by atoms with Crippen molar-refractivity contribution >= 4 is 12.0 Å². The summed E-state index contributed by atoms with van der Waals surface area (Å²) in [5.41, 5.74) is 2.96. The van der Waals surface area contributed by atoms with Gasteiger partial charge in [-0.1, -0.05) is 84.9 Å². The van der Waals surface area contributed by atoms with E-state index in [1.54, 1.807) is 12.1 Å². The van der Waals surface area contributed by atoms with Crippen LogP contribution in [0.25, 0.3) is 0 Å². The van der Waals surface area contributed by atoms with Gasteiger partial charge in [-0.2, -0.15) is 0 Å². The topological polar surface area (TPSA) is 75.5 Å². The van der Waals surface area contributed by atoms with E-state index >= 15 is 0 Å². The Morgan fingerprint density at radius 3 is 1.72 bits per heavy atom. The average Bonchev–Trinajstić information content (AvgIpc) is 2.64. The minimum atomic E-state index is -1.74. The van der Waals surface area contributed by atoms with E-state index in [2.05, 4.69) is 4.99 Å². The SMILES string of the molecule is O=C([O-])/N=C(/[O-])c1ccccc1C(c1ccccc1)c1ccccc1. The zero-order valence-corrected chi connectivity index (χ0v) is 13.3. The van der Waals surface area contributed by atoms with Crippen LogP contribution in [0.5, 0.6) is 0 Å². The largest absolute Gasteiger partial charge is 0.858 e. The van der Waals surface area contributed by atoms with Crippen molar-refractivity contribution in [2.24, 2.45) is 4.99 Å². The second kappa shape index (κ2) is 7.45. The van der Waals surface area contributed by atoms with Crippen LogP contribution in [0.2, 0.25) is 0 Å². The fraction of sp³-hybridized carbons (Fsp3) is 0.0476. The predicted molar refractivity (Wildman–Crippen MR) is 92.2 cm³/mol. The van der Waals surface area contributed by atoms with Crippen molar-refractivity contribution in [2.75, 3.05) is 0 Å². The molecular weight excluding hydrogens is 314 g/mol. The lowest BCUT2D eigenvalue weighted by atomic mass is 9.83. The molecule has 0 saturated heterocycles. The van der Waals surface area contributed by atoms with Gasteiger partial charge in [0.1, 0.15) is 0 Å². The Morgan fingerprint density at radius 2 is 1.20 bits per heavy atom. The number of rotatable bonds is 4. The maximum absolute atomic E-state index is 12.3. The van der Waals surface area contributed by atoms with E-state index in [9.17, 15) is 15.0 Å². The summed E-state index contributed by atoms with van der Waals surface area (Å²) in [6.07, 6.45) is -1.74. The Kier molecular flexibility index (Phi) is 4.90. The van der Waals surface area contributed by atoms with Gasteiger partial charge >= 0.3 is 0 Å². The Hall–Kier alpha value is -3.40. The van der Waals surface area contributed by atoms with Gasteiger partial charge in [-0.25, -0.2) is 4.99 Å². The molecule has 3 aromatic rings. The molecule has 1 amide bonds. The molecule has 0 aliphatic carbocycles. The highest BCUT2D eigenvalue weighted by Gasteiger charge is 2.19. The molecule has 0 aliphatic rings. The molecule has 25 heavy (non-hydrogen) atoms. The third-order valence-electron chi connectivity index (χ3n) is 3.96. The second-order valence-electron chi connectivity index (χ2n) is 5.52. The molecule has 0 radical (unpaired) electrons. The van der Waals surface area contributed by atoms with Crippen molar-refractivity contribution < 1.29 is 15.0 Å². The van der Waals surface area contributed by atoms with E-state index in [4.69, 9.17) is 0 Å². The highest BCUT2D eigenvalue weighted by molar-refractivity contribution is 5.98. The van der Waals surface area contributed by atoms with Gasteiger partial charge < -0.3 is 15.0 Å². The number of hydrogen-bond donors (Lipinski definition) is 0. The van der Waals surface area contributed by atoms with E-state index in [-0.39, 0.29) is 11.5 Å². The highest BCUT2D eigenvalue weighted by atomic mass is 16.4. The fourth-order valence-electron chi connectivity index (χ4n) is 2.93. The number of amides is 1. The molecule has 0 saturated carbocycles. The van der Waals surface area contributed by atoms with Crippen LogP contribution in [0.1, 0.15) is 28.2 Å². The van der Waals surface area contributed by atoms with Crippen molar-refractivity contribution in [3.8, 4) is 0 Å². The molecule has 0 heterocycles. The molecule has 0 N–H and O–H groups in total. The molecule has 124 valence electrons. The first-order chi connectivity index (χ1) is 12.2. The number of benzene rings is 3. The van der Waals surface area contributed by atoms with Crippen LogP contribution in [0.4, 0.5) is 4.79 Å². The van der Waals surface area contributed by atoms with Gasteiger partial charge in [0.2, 0.25) is 0 Å². The van der Waals surface area contributed by atoms with Gasteiger partial charge in [0.15, 0.2) is 6.09 Å². The average molecular weight is 329 g/mol. The number of carbonyl (C=O) groups is 1. The number of aliphatic imine (C=N–C) groups is 1. The number of carbonyl (C=O) groups excluding carboxylic acids is 1. The van der Waals surface area contributed by atoms with Gasteiger partial charge in [-0.15, -0.1) is 0 Å². The lowest BCUT2D eigenvalue weighted by Gasteiger charge is -2.24. The zero-order chi connectivity index (χ0) is 17.6. The number of nitrogens with zero attached hydrogens (tertiary/aromatic N) is 1. The van der Waals surface area contributed by atoms with Gasteiger partial charge in [-0.05, 0) is 28.2 Å². The normalized spacial score (nSPS) is 11.5. The van der Waals surface area contributed by atoms with Crippen LogP contribution in [0.3, 0.4) is 0 Å². The molecular formula is C21H15NO3-2. The summed E-state index contributed by atoms with van der Waals surface area (Å²) < 4.78 is 0. The first kappa shape index (κ1) is 16.5. The van der Waals surface area contributed by atoms with E-state index in [1.807, 2.05) is 72.8 Å². The summed E-state index contributed by atoms with van der Waals surface area (Å²) >= 11 is 0. The van der Waals surface area contributed by atoms with E-state index in [1.165, 1.54) is 0 Å². The third kappa shape index (κ3) is 3.75. The molecule has 0 aromatic heterocycles. The van der Waals surface area contributed by atoms with E-state index in [0.717, 1.165) is 11.1 Å². The summed E-state index contributed by atoms with van der Waals surface area (Å²) in [5.74, 6) is -1.02. The van der Waals surface area contributed by atoms with Crippen molar-refractivity contribution in [3.63, 3.8) is 0 Å². The van der Waals surface area contributed by atoms with Crippen molar-refractivity contribution in [1.82, 2.24) is 0 Å². The molecule has 0 aliphatic heterocycles. The molecule has 0 fully saturated rings. The summed E-state index contributed by atoms with van der Waals surface area (Å²) in [4.78, 5) is 13.8. The standard InChI is InChI=1S/C21H17NO3/c23-20(22-21(24)25)18-14-8-7-13-17(18)19(15-9-3-1-4-10-15)16-11-5-2-6-12-16/h1-14,19H,(H,22,23)(H,24,25)/p-2. The Bertz CT molecular complexity index is 850. The zero-order valence-electron chi connectivity index (χ0n) is 13.3.